The van der Waals surface area contributed by atoms with E-state index in [1.54, 1.807) is 0 Å². The summed E-state index contributed by atoms with van der Waals surface area (Å²) in [5.41, 5.74) is 5.27. The molecule has 2 aromatic carbocycles. The zero-order valence-electron chi connectivity index (χ0n) is 9.82. The molecule has 2 rings (SSSR count). The molecule has 0 unspecified atom stereocenters. The molecule has 0 radical (unpaired) electrons. The maximum atomic E-state index is 12.9. The number of aryl methyl sites for hydroxylation is 1. The summed E-state index contributed by atoms with van der Waals surface area (Å²) in [6.45, 7) is 1.98. The van der Waals surface area contributed by atoms with Crippen LogP contribution in [0, 0.1) is 18.6 Å². The first-order valence-corrected chi connectivity index (χ1v) is 5.46. The predicted molar refractivity (Wildman–Crippen MR) is 68.8 cm³/mol. The van der Waals surface area contributed by atoms with Crippen LogP contribution in [0.3, 0.4) is 0 Å². The number of hydrogen-bond acceptors (Lipinski definition) is 2. The maximum Gasteiger partial charge on any atom is 0.159 e. The van der Waals surface area contributed by atoms with Crippen LogP contribution in [0.2, 0.25) is 0 Å². The van der Waals surface area contributed by atoms with Crippen LogP contribution >= 0.6 is 0 Å². The van der Waals surface area contributed by atoms with E-state index in [2.05, 4.69) is 10.5 Å². The lowest BCUT2D eigenvalue weighted by Crippen LogP contribution is -1.92. The molecule has 0 aliphatic heterocycles. The Kier molecular flexibility index (Phi) is 3.67. The maximum absolute atomic E-state index is 12.9. The Labute approximate surface area is 104 Å². The van der Waals surface area contributed by atoms with Crippen molar-refractivity contribution in [2.45, 2.75) is 6.92 Å². The SMILES string of the molecule is Cc1cccc(N/N=C\c2ccc(F)c(F)c2)c1. The zero-order chi connectivity index (χ0) is 13.0. The van der Waals surface area contributed by atoms with E-state index in [0.29, 0.717) is 5.56 Å². The molecular formula is C14H12F2N2. The molecule has 0 atom stereocenters. The average molecular weight is 246 g/mol. The summed E-state index contributed by atoms with van der Waals surface area (Å²) in [6.07, 6.45) is 1.44. The Morgan fingerprint density at radius 2 is 1.89 bits per heavy atom. The van der Waals surface area contributed by atoms with Gasteiger partial charge in [0.2, 0.25) is 0 Å². The molecular weight excluding hydrogens is 234 g/mol. The molecule has 0 fully saturated rings. The number of halogens is 2. The van der Waals surface area contributed by atoms with Gasteiger partial charge in [-0.2, -0.15) is 5.10 Å². The van der Waals surface area contributed by atoms with Gasteiger partial charge in [0.05, 0.1) is 11.9 Å². The molecule has 0 aliphatic rings. The van der Waals surface area contributed by atoms with E-state index in [1.165, 1.54) is 12.3 Å². The summed E-state index contributed by atoms with van der Waals surface area (Å²) in [6, 6.07) is 11.3. The number of hydrazone groups is 1. The highest BCUT2D eigenvalue weighted by atomic mass is 19.2. The molecule has 18 heavy (non-hydrogen) atoms. The van der Waals surface area contributed by atoms with Gasteiger partial charge in [-0.15, -0.1) is 0 Å². The van der Waals surface area contributed by atoms with Crippen LogP contribution in [-0.2, 0) is 0 Å². The highest BCUT2D eigenvalue weighted by Gasteiger charge is 2.00. The van der Waals surface area contributed by atoms with Crippen molar-refractivity contribution in [2.75, 3.05) is 5.43 Å². The number of nitrogens with one attached hydrogen (secondary N) is 1. The van der Waals surface area contributed by atoms with Gasteiger partial charge in [0.25, 0.3) is 0 Å². The summed E-state index contributed by atoms with van der Waals surface area (Å²) >= 11 is 0. The van der Waals surface area contributed by atoms with E-state index in [-0.39, 0.29) is 0 Å². The molecule has 0 aromatic heterocycles. The Hall–Kier alpha value is -2.23. The second kappa shape index (κ2) is 5.40. The topological polar surface area (TPSA) is 24.4 Å². The van der Waals surface area contributed by atoms with E-state index in [4.69, 9.17) is 0 Å². The molecule has 92 valence electrons. The molecule has 0 saturated heterocycles. The number of rotatable bonds is 3. The normalized spacial score (nSPS) is 10.8. The molecule has 0 saturated carbocycles. The Morgan fingerprint density at radius 1 is 1.06 bits per heavy atom. The molecule has 2 nitrogen and oxygen atoms in total. The second-order valence-electron chi connectivity index (χ2n) is 3.91. The second-order valence-corrected chi connectivity index (χ2v) is 3.91. The molecule has 0 aliphatic carbocycles. The van der Waals surface area contributed by atoms with E-state index in [9.17, 15) is 8.78 Å². The summed E-state index contributed by atoms with van der Waals surface area (Å²) in [4.78, 5) is 0. The van der Waals surface area contributed by atoms with Crippen molar-refractivity contribution in [3.8, 4) is 0 Å². The van der Waals surface area contributed by atoms with Gasteiger partial charge in [-0.05, 0) is 42.3 Å². The molecule has 2 aromatic rings. The summed E-state index contributed by atoms with van der Waals surface area (Å²) < 4.78 is 25.6. The van der Waals surface area contributed by atoms with Gasteiger partial charge in [0, 0.05) is 0 Å². The van der Waals surface area contributed by atoms with E-state index in [1.807, 2.05) is 31.2 Å². The molecule has 0 amide bonds. The molecule has 4 heteroatoms. The van der Waals surface area contributed by atoms with Gasteiger partial charge in [0.15, 0.2) is 11.6 Å². The first-order chi connectivity index (χ1) is 8.65. The lowest BCUT2D eigenvalue weighted by molar-refractivity contribution is 0.508. The monoisotopic (exact) mass is 246 g/mol. The van der Waals surface area contributed by atoms with Crippen LogP contribution in [0.5, 0.6) is 0 Å². The van der Waals surface area contributed by atoms with Crippen LogP contribution in [0.4, 0.5) is 14.5 Å². The van der Waals surface area contributed by atoms with Crippen molar-refractivity contribution in [2.24, 2.45) is 5.10 Å². The van der Waals surface area contributed by atoms with Gasteiger partial charge in [-0.1, -0.05) is 18.2 Å². The van der Waals surface area contributed by atoms with Crippen LogP contribution in [0.15, 0.2) is 47.6 Å². The molecule has 0 heterocycles. The zero-order valence-corrected chi connectivity index (χ0v) is 9.82. The third-order valence-corrected chi connectivity index (χ3v) is 2.37. The smallest absolute Gasteiger partial charge is 0.159 e. The minimum Gasteiger partial charge on any atom is -0.278 e. The van der Waals surface area contributed by atoms with Crippen LogP contribution in [0.25, 0.3) is 0 Å². The Balaban J connectivity index is 2.05. The van der Waals surface area contributed by atoms with Crippen molar-refractivity contribution in [1.29, 1.82) is 0 Å². The first-order valence-electron chi connectivity index (χ1n) is 5.46. The number of hydrogen-bond donors (Lipinski definition) is 1. The van der Waals surface area contributed by atoms with Crippen LogP contribution in [-0.4, -0.2) is 6.21 Å². The largest absolute Gasteiger partial charge is 0.278 e. The fraction of sp³-hybridized carbons (Fsp3) is 0.0714. The lowest BCUT2D eigenvalue weighted by atomic mass is 10.2. The quantitative estimate of drug-likeness (QED) is 0.647. The molecule has 0 bridgehead atoms. The minimum absolute atomic E-state index is 0.494. The highest BCUT2D eigenvalue weighted by molar-refractivity contribution is 5.80. The first kappa shape index (κ1) is 12.2. The van der Waals surface area contributed by atoms with Crippen LogP contribution < -0.4 is 5.43 Å². The number of benzene rings is 2. The number of anilines is 1. The lowest BCUT2D eigenvalue weighted by Gasteiger charge is -2.01. The number of nitrogens with zero attached hydrogens (tertiary/aromatic N) is 1. The van der Waals surface area contributed by atoms with Gasteiger partial charge in [0.1, 0.15) is 0 Å². The van der Waals surface area contributed by atoms with E-state index >= 15 is 0 Å². The van der Waals surface area contributed by atoms with Crippen molar-refractivity contribution < 1.29 is 8.78 Å². The summed E-state index contributed by atoms with van der Waals surface area (Å²) in [7, 11) is 0. The van der Waals surface area contributed by atoms with Crippen molar-refractivity contribution in [3.63, 3.8) is 0 Å². The standard InChI is InChI=1S/C14H12F2N2/c1-10-3-2-4-12(7-10)18-17-9-11-5-6-13(15)14(16)8-11/h2-9,18H,1H3/b17-9-. The van der Waals surface area contributed by atoms with Crippen molar-refractivity contribution >= 4 is 11.9 Å². The van der Waals surface area contributed by atoms with Crippen molar-refractivity contribution in [1.82, 2.24) is 0 Å². The van der Waals surface area contributed by atoms with Gasteiger partial charge >= 0.3 is 0 Å². The third kappa shape index (κ3) is 3.13. The third-order valence-electron chi connectivity index (χ3n) is 2.37. The molecule has 1 N–H and O–H groups in total. The Morgan fingerprint density at radius 3 is 2.61 bits per heavy atom. The van der Waals surface area contributed by atoms with E-state index in [0.717, 1.165) is 23.4 Å². The summed E-state index contributed by atoms with van der Waals surface area (Å²) in [5.74, 6) is -1.74. The minimum atomic E-state index is -0.880. The summed E-state index contributed by atoms with van der Waals surface area (Å²) in [5, 5.41) is 3.96. The highest BCUT2D eigenvalue weighted by Crippen LogP contribution is 2.10. The van der Waals surface area contributed by atoms with Gasteiger partial charge < -0.3 is 0 Å². The van der Waals surface area contributed by atoms with Gasteiger partial charge in [-0.25, -0.2) is 8.78 Å². The predicted octanol–water partition coefficient (Wildman–Crippen LogP) is 3.72. The van der Waals surface area contributed by atoms with E-state index < -0.39 is 11.6 Å². The Bertz CT molecular complexity index is 580. The molecule has 0 spiro atoms. The fourth-order valence-corrected chi connectivity index (χ4v) is 1.49. The fourth-order valence-electron chi connectivity index (χ4n) is 1.49. The van der Waals surface area contributed by atoms with Gasteiger partial charge in [-0.3, -0.25) is 5.43 Å². The van der Waals surface area contributed by atoms with Crippen molar-refractivity contribution in [3.05, 3.63) is 65.2 Å². The van der Waals surface area contributed by atoms with Crippen LogP contribution in [0.1, 0.15) is 11.1 Å². The average Bonchev–Trinajstić information content (AvgIpc) is 2.34.